The SMILES string of the molecule is O=[N+]([O-])c1ccc(S(=O)(=O)c2cnc(Nc3ncnc4[nH]c5cc(O)c(O)cc5c34)s2)cc1. The lowest BCUT2D eigenvalue weighted by Gasteiger charge is -2.04. The number of nitro groups is 1. The molecule has 3 heterocycles. The number of anilines is 2. The fraction of sp³-hybridized carbons (Fsp3) is 0. The number of aromatic nitrogens is 4. The van der Waals surface area contributed by atoms with E-state index in [-0.39, 0.29) is 31.4 Å². The van der Waals surface area contributed by atoms with Gasteiger partial charge < -0.3 is 20.5 Å². The van der Waals surface area contributed by atoms with Gasteiger partial charge in [-0.25, -0.2) is 23.4 Å². The van der Waals surface area contributed by atoms with Gasteiger partial charge in [-0.2, -0.15) is 0 Å². The number of fused-ring (bicyclic) bond motifs is 3. The Morgan fingerprint density at radius 2 is 1.79 bits per heavy atom. The lowest BCUT2D eigenvalue weighted by atomic mass is 10.2. The lowest BCUT2D eigenvalue weighted by molar-refractivity contribution is -0.384. The Balaban J connectivity index is 1.51. The molecule has 3 aromatic heterocycles. The fourth-order valence-corrected chi connectivity index (χ4v) is 5.68. The second-order valence-electron chi connectivity index (χ2n) is 6.82. The number of nitrogens with one attached hydrogen (secondary N) is 2. The number of non-ortho nitro benzene ring substituents is 1. The number of sulfone groups is 1. The largest absolute Gasteiger partial charge is 0.504 e. The second-order valence-corrected chi connectivity index (χ2v) is 10.0. The van der Waals surface area contributed by atoms with E-state index in [1.807, 2.05) is 0 Å². The molecule has 0 unspecified atom stereocenters. The highest BCUT2D eigenvalue weighted by atomic mass is 32.2. The van der Waals surface area contributed by atoms with Gasteiger partial charge in [-0.1, -0.05) is 11.3 Å². The molecule has 14 heteroatoms. The molecule has 0 aliphatic rings. The molecule has 5 aromatic rings. The predicted molar refractivity (Wildman–Crippen MR) is 119 cm³/mol. The number of thiazole rings is 1. The van der Waals surface area contributed by atoms with Crippen LogP contribution < -0.4 is 5.32 Å². The number of nitro benzene ring substituents is 1. The molecular weight excluding hydrogens is 472 g/mol. The van der Waals surface area contributed by atoms with Crippen LogP contribution in [0.1, 0.15) is 0 Å². The van der Waals surface area contributed by atoms with Crippen molar-refractivity contribution in [2.24, 2.45) is 0 Å². The van der Waals surface area contributed by atoms with E-state index in [2.05, 4.69) is 25.3 Å². The summed E-state index contributed by atoms with van der Waals surface area (Å²) in [6.07, 6.45) is 2.48. The van der Waals surface area contributed by atoms with Crippen LogP contribution in [0.2, 0.25) is 0 Å². The molecule has 0 bridgehead atoms. The van der Waals surface area contributed by atoms with Crippen LogP contribution in [0, 0.1) is 10.1 Å². The number of phenolic OH excluding ortho intramolecular Hbond substituents is 2. The molecule has 166 valence electrons. The molecule has 0 aliphatic heterocycles. The van der Waals surface area contributed by atoms with Crippen molar-refractivity contribution in [3.8, 4) is 11.5 Å². The molecule has 12 nitrogen and oxygen atoms in total. The number of hydrogen-bond donors (Lipinski definition) is 4. The van der Waals surface area contributed by atoms with Crippen molar-refractivity contribution in [1.82, 2.24) is 19.9 Å². The van der Waals surface area contributed by atoms with E-state index in [1.165, 1.54) is 36.8 Å². The van der Waals surface area contributed by atoms with Gasteiger partial charge in [0.05, 0.1) is 26.9 Å². The highest BCUT2D eigenvalue weighted by Gasteiger charge is 2.23. The van der Waals surface area contributed by atoms with Crippen LogP contribution in [-0.4, -0.2) is 43.5 Å². The zero-order chi connectivity index (χ0) is 23.3. The normalized spacial score (nSPS) is 11.8. The summed E-state index contributed by atoms with van der Waals surface area (Å²) in [6, 6.07) is 7.30. The maximum Gasteiger partial charge on any atom is 0.269 e. The van der Waals surface area contributed by atoms with Gasteiger partial charge in [-0.15, -0.1) is 0 Å². The minimum Gasteiger partial charge on any atom is -0.504 e. The summed E-state index contributed by atoms with van der Waals surface area (Å²) in [6.45, 7) is 0. The van der Waals surface area contributed by atoms with Gasteiger partial charge in [0.1, 0.15) is 22.0 Å². The van der Waals surface area contributed by atoms with Gasteiger partial charge in [-0.3, -0.25) is 10.1 Å². The van der Waals surface area contributed by atoms with E-state index in [0.29, 0.717) is 27.8 Å². The van der Waals surface area contributed by atoms with Crippen LogP contribution >= 0.6 is 11.3 Å². The summed E-state index contributed by atoms with van der Waals surface area (Å²) in [5, 5.41) is 34.7. The summed E-state index contributed by atoms with van der Waals surface area (Å²) in [7, 11) is -3.94. The van der Waals surface area contributed by atoms with Gasteiger partial charge in [0.2, 0.25) is 9.84 Å². The van der Waals surface area contributed by atoms with Crippen molar-refractivity contribution < 1.29 is 23.6 Å². The summed E-state index contributed by atoms with van der Waals surface area (Å²) >= 11 is 0.858. The minimum absolute atomic E-state index is 0.0642. The molecule has 0 saturated heterocycles. The van der Waals surface area contributed by atoms with Crippen LogP contribution in [0.4, 0.5) is 16.6 Å². The number of hydrogen-bond acceptors (Lipinski definition) is 11. The van der Waals surface area contributed by atoms with Crippen molar-refractivity contribution in [3.05, 3.63) is 59.0 Å². The Morgan fingerprint density at radius 3 is 2.52 bits per heavy atom. The van der Waals surface area contributed by atoms with Gasteiger partial charge in [0.25, 0.3) is 5.69 Å². The standard InChI is InChI=1S/C19H12N6O6S2/c26-13-5-11-12(6-14(13)27)23-17-16(11)18(22-8-21-17)24-19-20-7-15(32-19)33(30,31)10-3-1-9(2-4-10)25(28)29/h1-8,26-27H,(H2,20,21,22,23,24). The van der Waals surface area contributed by atoms with E-state index in [1.54, 1.807) is 0 Å². The van der Waals surface area contributed by atoms with Crippen molar-refractivity contribution >= 4 is 59.7 Å². The molecule has 0 radical (unpaired) electrons. The topological polar surface area (TPSA) is 184 Å². The Morgan fingerprint density at radius 1 is 1.06 bits per heavy atom. The first-order valence-corrected chi connectivity index (χ1v) is 11.4. The van der Waals surface area contributed by atoms with Crippen LogP contribution in [0.5, 0.6) is 11.5 Å². The molecule has 4 N–H and O–H groups in total. The Hall–Kier alpha value is -4.30. The first-order valence-electron chi connectivity index (χ1n) is 9.15. The predicted octanol–water partition coefficient (Wildman–Crippen LogP) is 3.46. The van der Waals surface area contributed by atoms with Gasteiger partial charge in [-0.05, 0) is 18.2 Å². The van der Waals surface area contributed by atoms with E-state index in [0.717, 1.165) is 23.5 Å². The zero-order valence-corrected chi connectivity index (χ0v) is 17.9. The highest BCUT2D eigenvalue weighted by molar-refractivity contribution is 7.93. The maximum absolute atomic E-state index is 12.9. The Labute approximate surface area is 188 Å². The molecule has 2 aromatic carbocycles. The number of phenols is 2. The van der Waals surface area contributed by atoms with Crippen molar-refractivity contribution in [2.45, 2.75) is 9.10 Å². The summed E-state index contributed by atoms with van der Waals surface area (Å²) < 4.78 is 25.7. The van der Waals surface area contributed by atoms with Crippen LogP contribution in [0.3, 0.4) is 0 Å². The number of benzene rings is 2. The average Bonchev–Trinajstić information content (AvgIpc) is 3.39. The number of rotatable bonds is 5. The Bertz CT molecular complexity index is 1660. The van der Waals surface area contributed by atoms with Crippen molar-refractivity contribution in [1.29, 1.82) is 0 Å². The molecule has 0 amide bonds. The Kier molecular flexibility index (Phi) is 4.61. The first kappa shape index (κ1) is 20.6. The monoisotopic (exact) mass is 484 g/mol. The molecule has 0 atom stereocenters. The molecule has 0 aliphatic carbocycles. The number of aromatic amines is 1. The smallest absolute Gasteiger partial charge is 0.269 e. The first-order chi connectivity index (χ1) is 15.7. The summed E-state index contributed by atoms with van der Waals surface area (Å²) in [5.41, 5.74) is 0.735. The van der Waals surface area contributed by atoms with E-state index in [9.17, 15) is 28.7 Å². The van der Waals surface area contributed by atoms with Crippen LogP contribution in [0.15, 0.2) is 58.0 Å². The number of aromatic hydroxyl groups is 2. The van der Waals surface area contributed by atoms with Gasteiger partial charge in [0, 0.05) is 23.6 Å². The molecule has 0 fully saturated rings. The third kappa shape index (κ3) is 3.46. The highest BCUT2D eigenvalue weighted by Crippen LogP contribution is 2.37. The van der Waals surface area contributed by atoms with Gasteiger partial charge in [0.15, 0.2) is 16.6 Å². The van der Waals surface area contributed by atoms with Crippen LogP contribution in [0.25, 0.3) is 21.9 Å². The van der Waals surface area contributed by atoms with E-state index < -0.39 is 14.8 Å². The quantitative estimate of drug-likeness (QED) is 0.164. The van der Waals surface area contributed by atoms with Crippen molar-refractivity contribution in [2.75, 3.05) is 5.32 Å². The molecular formula is C19H12N6O6S2. The number of nitrogens with zero attached hydrogens (tertiary/aromatic N) is 4. The molecule has 0 spiro atoms. The summed E-state index contributed by atoms with van der Waals surface area (Å²) in [4.78, 5) is 25.6. The molecule has 33 heavy (non-hydrogen) atoms. The van der Waals surface area contributed by atoms with E-state index in [4.69, 9.17) is 0 Å². The van der Waals surface area contributed by atoms with E-state index >= 15 is 0 Å². The minimum atomic E-state index is -3.94. The van der Waals surface area contributed by atoms with Crippen molar-refractivity contribution in [3.63, 3.8) is 0 Å². The number of H-pyrrole nitrogens is 1. The second kappa shape index (κ2) is 7.39. The van der Waals surface area contributed by atoms with Crippen LogP contribution in [-0.2, 0) is 9.84 Å². The third-order valence-electron chi connectivity index (χ3n) is 4.82. The maximum atomic E-state index is 12.9. The van der Waals surface area contributed by atoms with Gasteiger partial charge >= 0.3 is 0 Å². The average molecular weight is 484 g/mol. The molecule has 0 saturated carbocycles. The molecule has 5 rings (SSSR count). The third-order valence-corrected chi connectivity index (χ3v) is 7.96. The summed E-state index contributed by atoms with van der Waals surface area (Å²) in [5.74, 6) is -0.300. The lowest BCUT2D eigenvalue weighted by Crippen LogP contribution is -1.99. The zero-order valence-electron chi connectivity index (χ0n) is 16.3. The fourth-order valence-electron chi connectivity index (χ4n) is 3.25.